The normalized spacial score (nSPS) is 11.1. The van der Waals surface area contributed by atoms with Crippen LogP contribution in [0.15, 0.2) is 60.0 Å². The van der Waals surface area contributed by atoms with Crippen LogP contribution in [0.5, 0.6) is 5.75 Å². The fraction of sp³-hybridized carbons (Fsp3) is 0.261. The number of unbranched alkanes of at least 4 members (excludes halogenated alkanes) is 3. The van der Waals surface area contributed by atoms with Crippen LogP contribution in [-0.2, 0) is 0 Å². The van der Waals surface area contributed by atoms with E-state index in [0.29, 0.717) is 0 Å². The Kier molecular flexibility index (Phi) is 7.43. The highest BCUT2D eigenvalue weighted by Crippen LogP contribution is 2.31. The number of rotatable bonds is 10. The van der Waals surface area contributed by atoms with Crippen LogP contribution >= 0.6 is 22.7 Å². The maximum atomic E-state index is 12.4. The Morgan fingerprint density at radius 3 is 2.59 bits per heavy atom. The van der Waals surface area contributed by atoms with Crippen LogP contribution in [0.25, 0.3) is 15.8 Å². The molecule has 3 aromatic rings. The third-order valence-corrected chi connectivity index (χ3v) is 6.35. The van der Waals surface area contributed by atoms with Gasteiger partial charge >= 0.3 is 0 Å². The monoisotopic (exact) mass is 396 g/mol. The average Bonchev–Trinajstić information content (AvgIpc) is 3.38. The topological polar surface area (TPSA) is 26.3 Å². The minimum absolute atomic E-state index is 0.0408. The van der Waals surface area contributed by atoms with Crippen molar-refractivity contribution in [2.45, 2.75) is 32.6 Å². The zero-order valence-electron chi connectivity index (χ0n) is 15.5. The van der Waals surface area contributed by atoms with Crippen molar-refractivity contribution in [3.05, 3.63) is 70.4 Å². The lowest BCUT2D eigenvalue weighted by Crippen LogP contribution is -1.97. The summed E-state index contributed by atoms with van der Waals surface area (Å²) in [5, 5.41) is 2.05. The molecule has 3 rings (SSSR count). The number of hydrogen-bond donors (Lipinski definition) is 0. The molecule has 0 N–H and O–H groups in total. The summed E-state index contributed by atoms with van der Waals surface area (Å²) in [5.41, 5.74) is 0.997. The molecule has 0 atom stereocenters. The number of allylic oxidation sites excluding steroid dienone is 1. The molecule has 0 unspecified atom stereocenters. The lowest BCUT2D eigenvalue weighted by atomic mass is 10.2. The molecule has 0 aliphatic heterocycles. The van der Waals surface area contributed by atoms with E-state index in [1.165, 1.54) is 24.1 Å². The predicted molar refractivity (Wildman–Crippen MR) is 117 cm³/mol. The Morgan fingerprint density at radius 2 is 1.85 bits per heavy atom. The summed E-state index contributed by atoms with van der Waals surface area (Å²) < 4.78 is 5.75. The molecule has 2 nitrogen and oxygen atoms in total. The first kappa shape index (κ1) is 19.6. The average molecular weight is 397 g/mol. The molecule has 1 aromatic carbocycles. The van der Waals surface area contributed by atoms with Crippen LogP contribution in [0.2, 0.25) is 0 Å². The summed E-state index contributed by atoms with van der Waals surface area (Å²) >= 11 is 3.23. The largest absolute Gasteiger partial charge is 0.494 e. The third-order valence-electron chi connectivity index (χ3n) is 4.19. The van der Waals surface area contributed by atoms with Crippen LogP contribution in [-0.4, -0.2) is 12.4 Å². The van der Waals surface area contributed by atoms with Gasteiger partial charge in [-0.2, -0.15) is 0 Å². The van der Waals surface area contributed by atoms with Gasteiger partial charge in [-0.3, -0.25) is 4.79 Å². The summed E-state index contributed by atoms with van der Waals surface area (Å²) in [6.07, 6.45) is 8.32. The van der Waals surface area contributed by atoms with Gasteiger partial charge in [0.2, 0.25) is 0 Å². The van der Waals surface area contributed by atoms with Crippen molar-refractivity contribution < 1.29 is 9.53 Å². The van der Waals surface area contributed by atoms with Crippen LogP contribution < -0.4 is 4.74 Å². The van der Waals surface area contributed by atoms with Crippen LogP contribution in [0.3, 0.4) is 0 Å². The number of carbonyl (C=O) groups is 1. The zero-order valence-corrected chi connectivity index (χ0v) is 17.2. The summed E-state index contributed by atoms with van der Waals surface area (Å²) in [6.45, 7) is 2.97. The summed E-state index contributed by atoms with van der Waals surface area (Å²) in [7, 11) is 0. The summed E-state index contributed by atoms with van der Waals surface area (Å²) in [4.78, 5) is 15.5. The predicted octanol–water partition coefficient (Wildman–Crippen LogP) is 7.33. The van der Waals surface area contributed by atoms with E-state index in [1.54, 1.807) is 28.7 Å². The van der Waals surface area contributed by atoms with Crippen LogP contribution in [0.4, 0.5) is 0 Å². The summed E-state index contributed by atoms with van der Waals surface area (Å²) in [6, 6.07) is 15.9. The highest BCUT2D eigenvalue weighted by Gasteiger charge is 2.08. The Morgan fingerprint density at radius 1 is 1.00 bits per heavy atom. The number of thiophene rings is 2. The molecule has 0 saturated heterocycles. The maximum Gasteiger partial charge on any atom is 0.195 e. The molecule has 0 fully saturated rings. The van der Waals surface area contributed by atoms with Gasteiger partial charge in [-0.25, -0.2) is 0 Å². The highest BCUT2D eigenvalue weighted by atomic mass is 32.1. The van der Waals surface area contributed by atoms with Crippen molar-refractivity contribution >= 4 is 34.5 Å². The lowest BCUT2D eigenvalue weighted by Gasteiger charge is -2.06. The van der Waals surface area contributed by atoms with E-state index < -0.39 is 0 Å². The molecular formula is C23H24O2S2. The highest BCUT2D eigenvalue weighted by molar-refractivity contribution is 7.22. The molecule has 0 spiro atoms. The molecule has 0 radical (unpaired) electrons. The van der Waals surface area contributed by atoms with Crippen molar-refractivity contribution in [3.63, 3.8) is 0 Å². The van der Waals surface area contributed by atoms with E-state index in [1.807, 2.05) is 48.5 Å². The second-order valence-electron chi connectivity index (χ2n) is 6.32. The quantitative estimate of drug-likeness (QED) is 0.204. The van der Waals surface area contributed by atoms with Gasteiger partial charge in [0.25, 0.3) is 0 Å². The van der Waals surface area contributed by atoms with Gasteiger partial charge in [-0.1, -0.05) is 50.5 Å². The standard InChI is InChI=1S/C23H24O2S2/c1-2-3-4-5-16-25-19-11-8-18(9-12-19)10-13-20(24)21-14-15-23(27-21)22-7-6-17-26-22/h6-15,17H,2-5,16H2,1H3. The van der Waals surface area contributed by atoms with Gasteiger partial charge in [0, 0.05) is 9.75 Å². The van der Waals surface area contributed by atoms with E-state index in [2.05, 4.69) is 18.4 Å². The van der Waals surface area contributed by atoms with Gasteiger partial charge in [0.15, 0.2) is 5.78 Å². The Bertz CT molecular complexity index is 858. The minimum Gasteiger partial charge on any atom is -0.494 e. The van der Waals surface area contributed by atoms with Crippen molar-refractivity contribution in [1.29, 1.82) is 0 Å². The number of hydrogen-bond acceptors (Lipinski definition) is 4. The van der Waals surface area contributed by atoms with Gasteiger partial charge < -0.3 is 4.74 Å². The second kappa shape index (κ2) is 10.2. The smallest absolute Gasteiger partial charge is 0.195 e. The molecular weight excluding hydrogens is 372 g/mol. The van der Waals surface area contributed by atoms with E-state index >= 15 is 0 Å². The van der Waals surface area contributed by atoms with Gasteiger partial charge in [-0.15, -0.1) is 22.7 Å². The van der Waals surface area contributed by atoms with Gasteiger partial charge in [0.1, 0.15) is 5.75 Å². The van der Waals surface area contributed by atoms with E-state index in [4.69, 9.17) is 4.74 Å². The number of ketones is 1. The molecule has 0 aliphatic rings. The third kappa shape index (κ3) is 5.91. The Hall–Kier alpha value is -2.17. The molecule has 27 heavy (non-hydrogen) atoms. The zero-order chi connectivity index (χ0) is 18.9. The molecule has 0 amide bonds. The fourth-order valence-corrected chi connectivity index (χ4v) is 4.43. The maximum absolute atomic E-state index is 12.4. The van der Waals surface area contributed by atoms with Crippen molar-refractivity contribution in [2.24, 2.45) is 0 Å². The van der Waals surface area contributed by atoms with Crippen molar-refractivity contribution in [1.82, 2.24) is 0 Å². The van der Waals surface area contributed by atoms with Gasteiger partial charge in [0.05, 0.1) is 11.5 Å². The van der Waals surface area contributed by atoms with E-state index in [9.17, 15) is 4.79 Å². The first-order valence-corrected chi connectivity index (χ1v) is 11.0. The van der Waals surface area contributed by atoms with Crippen LogP contribution in [0, 0.1) is 0 Å². The lowest BCUT2D eigenvalue weighted by molar-refractivity contribution is 0.105. The van der Waals surface area contributed by atoms with E-state index in [0.717, 1.165) is 34.1 Å². The minimum atomic E-state index is 0.0408. The van der Waals surface area contributed by atoms with Crippen LogP contribution in [0.1, 0.15) is 47.8 Å². The van der Waals surface area contributed by atoms with Crippen molar-refractivity contribution in [2.75, 3.05) is 6.61 Å². The van der Waals surface area contributed by atoms with E-state index in [-0.39, 0.29) is 5.78 Å². The first-order valence-electron chi connectivity index (χ1n) is 9.35. The fourth-order valence-electron chi connectivity index (χ4n) is 2.67. The first-order chi connectivity index (χ1) is 13.3. The van der Waals surface area contributed by atoms with Crippen molar-refractivity contribution in [3.8, 4) is 15.5 Å². The number of ether oxygens (including phenoxy) is 1. The summed E-state index contributed by atoms with van der Waals surface area (Å²) in [5.74, 6) is 0.924. The molecule has 2 aromatic heterocycles. The molecule has 140 valence electrons. The Labute approximate surface area is 169 Å². The SMILES string of the molecule is CCCCCCOc1ccc(C=CC(=O)c2ccc(-c3cccs3)s2)cc1. The van der Waals surface area contributed by atoms with Gasteiger partial charge in [-0.05, 0) is 53.8 Å². The molecule has 0 aliphatic carbocycles. The number of carbonyl (C=O) groups excluding carboxylic acids is 1. The Balaban J connectivity index is 1.52. The molecule has 0 bridgehead atoms. The molecule has 4 heteroatoms. The molecule has 0 saturated carbocycles. The number of benzene rings is 1. The second-order valence-corrected chi connectivity index (χ2v) is 8.35. The molecule has 2 heterocycles.